The molecule has 2 aliphatic rings. The molecule has 2 heterocycles. The van der Waals surface area contributed by atoms with E-state index in [4.69, 9.17) is 9.47 Å². The molecule has 1 N–H and O–H groups in total. The maximum Gasteiger partial charge on any atom is 0.418 e. The summed E-state index contributed by atoms with van der Waals surface area (Å²) in [4.78, 5) is 13.7. The van der Waals surface area contributed by atoms with Gasteiger partial charge in [0.2, 0.25) is 0 Å². The SMILES string of the molecule is O=C(Nc1ccccc1C(F)(F)F)N1CCC2(CC1)OCCO2. The molecule has 2 saturated heterocycles. The van der Waals surface area contributed by atoms with Crippen molar-refractivity contribution in [2.75, 3.05) is 31.6 Å². The Bertz CT molecular complexity index is 576. The summed E-state index contributed by atoms with van der Waals surface area (Å²) in [6, 6.07) is 4.39. The van der Waals surface area contributed by atoms with Crippen LogP contribution in [0.5, 0.6) is 0 Å². The fourth-order valence-corrected chi connectivity index (χ4v) is 2.87. The number of para-hydroxylation sites is 1. The van der Waals surface area contributed by atoms with E-state index in [9.17, 15) is 18.0 Å². The number of hydrogen-bond acceptors (Lipinski definition) is 3. The number of piperidine rings is 1. The second-order valence-corrected chi connectivity index (χ2v) is 5.57. The number of rotatable bonds is 1. The average Bonchev–Trinajstić information content (AvgIpc) is 2.95. The molecule has 0 aliphatic carbocycles. The Labute approximate surface area is 131 Å². The second kappa shape index (κ2) is 6.01. The molecule has 0 radical (unpaired) electrons. The largest absolute Gasteiger partial charge is 0.418 e. The van der Waals surface area contributed by atoms with Crippen LogP contribution in [0.3, 0.4) is 0 Å². The lowest BCUT2D eigenvalue weighted by atomic mass is 10.0. The number of benzene rings is 1. The monoisotopic (exact) mass is 330 g/mol. The predicted octanol–water partition coefficient (Wildman–Crippen LogP) is 3.08. The lowest BCUT2D eigenvalue weighted by molar-refractivity contribution is -0.181. The Balaban J connectivity index is 1.64. The molecule has 8 heteroatoms. The third-order valence-corrected chi connectivity index (χ3v) is 4.10. The van der Waals surface area contributed by atoms with Crippen LogP contribution in [0.15, 0.2) is 24.3 Å². The molecule has 23 heavy (non-hydrogen) atoms. The van der Waals surface area contributed by atoms with Gasteiger partial charge < -0.3 is 19.7 Å². The van der Waals surface area contributed by atoms with E-state index in [2.05, 4.69) is 5.32 Å². The van der Waals surface area contributed by atoms with Gasteiger partial charge in [-0.2, -0.15) is 13.2 Å². The number of anilines is 1. The van der Waals surface area contributed by atoms with Crippen LogP contribution in [0.2, 0.25) is 0 Å². The van der Waals surface area contributed by atoms with Gasteiger partial charge in [0.15, 0.2) is 5.79 Å². The molecule has 0 saturated carbocycles. The Morgan fingerprint density at radius 3 is 2.35 bits per heavy atom. The number of ether oxygens (including phenoxy) is 2. The molecule has 2 fully saturated rings. The van der Waals surface area contributed by atoms with Gasteiger partial charge in [-0.25, -0.2) is 4.79 Å². The Morgan fingerprint density at radius 1 is 1.13 bits per heavy atom. The summed E-state index contributed by atoms with van der Waals surface area (Å²) >= 11 is 0. The molecule has 5 nitrogen and oxygen atoms in total. The molecule has 126 valence electrons. The Kier molecular flexibility index (Phi) is 4.20. The number of hydrogen-bond donors (Lipinski definition) is 1. The van der Waals surface area contributed by atoms with Crippen LogP contribution in [0.1, 0.15) is 18.4 Å². The Morgan fingerprint density at radius 2 is 1.74 bits per heavy atom. The first kappa shape index (κ1) is 16.1. The van der Waals surface area contributed by atoms with Gasteiger partial charge in [0.05, 0.1) is 24.5 Å². The summed E-state index contributed by atoms with van der Waals surface area (Å²) in [6.45, 7) is 1.82. The fourth-order valence-electron chi connectivity index (χ4n) is 2.87. The van der Waals surface area contributed by atoms with E-state index in [1.807, 2.05) is 0 Å². The predicted molar refractivity (Wildman–Crippen MR) is 75.9 cm³/mol. The minimum atomic E-state index is -4.51. The maximum absolute atomic E-state index is 12.9. The number of nitrogens with one attached hydrogen (secondary N) is 1. The van der Waals surface area contributed by atoms with Crippen molar-refractivity contribution < 1.29 is 27.4 Å². The van der Waals surface area contributed by atoms with E-state index >= 15 is 0 Å². The van der Waals surface area contributed by atoms with E-state index in [1.165, 1.54) is 23.1 Å². The second-order valence-electron chi connectivity index (χ2n) is 5.57. The van der Waals surface area contributed by atoms with Crippen molar-refractivity contribution in [2.45, 2.75) is 24.8 Å². The number of carbonyl (C=O) groups excluding carboxylic acids is 1. The molecular weight excluding hydrogens is 313 g/mol. The van der Waals surface area contributed by atoms with Gasteiger partial charge in [-0.1, -0.05) is 12.1 Å². The van der Waals surface area contributed by atoms with Crippen LogP contribution >= 0.6 is 0 Å². The average molecular weight is 330 g/mol. The molecule has 3 rings (SSSR count). The van der Waals surface area contributed by atoms with Gasteiger partial charge in [-0.15, -0.1) is 0 Å². The first-order valence-electron chi connectivity index (χ1n) is 7.40. The van der Waals surface area contributed by atoms with Crippen LogP contribution in [-0.4, -0.2) is 43.0 Å². The van der Waals surface area contributed by atoms with E-state index in [0.29, 0.717) is 39.1 Å². The van der Waals surface area contributed by atoms with Crippen LogP contribution < -0.4 is 5.32 Å². The number of likely N-dealkylation sites (tertiary alicyclic amines) is 1. The van der Waals surface area contributed by atoms with Crippen molar-refractivity contribution in [3.05, 3.63) is 29.8 Å². The van der Waals surface area contributed by atoms with E-state index in [0.717, 1.165) is 6.07 Å². The summed E-state index contributed by atoms with van der Waals surface area (Å²) in [7, 11) is 0. The van der Waals surface area contributed by atoms with Gasteiger partial charge >= 0.3 is 12.2 Å². The molecule has 0 unspecified atom stereocenters. The molecular formula is C15H17F3N2O3. The molecule has 2 aliphatic heterocycles. The van der Waals surface area contributed by atoms with E-state index in [1.54, 1.807) is 0 Å². The fraction of sp³-hybridized carbons (Fsp3) is 0.533. The molecule has 2 amide bonds. The van der Waals surface area contributed by atoms with E-state index < -0.39 is 23.6 Å². The van der Waals surface area contributed by atoms with Crippen LogP contribution in [-0.2, 0) is 15.7 Å². The van der Waals surface area contributed by atoms with Crippen molar-refractivity contribution in [2.24, 2.45) is 0 Å². The molecule has 0 bridgehead atoms. The van der Waals surface area contributed by atoms with E-state index in [-0.39, 0.29) is 5.69 Å². The standard InChI is InChI=1S/C15H17F3N2O3/c16-15(17,18)11-3-1-2-4-12(11)19-13(21)20-7-5-14(6-8-20)22-9-10-23-14/h1-4H,5-10H2,(H,19,21). The zero-order chi connectivity index (χ0) is 16.5. The van der Waals surface area contributed by atoms with Gasteiger partial charge in [-0.05, 0) is 12.1 Å². The lowest BCUT2D eigenvalue weighted by Gasteiger charge is -2.37. The smallest absolute Gasteiger partial charge is 0.347 e. The number of nitrogens with zero attached hydrogens (tertiary/aromatic N) is 1. The number of amides is 2. The molecule has 1 spiro atoms. The summed E-state index contributed by atoms with van der Waals surface area (Å²) in [5.74, 6) is -0.624. The molecule has 1 aromatic carbocycles. The van der Waals surface area contributed by atoms with Gasteiger partial charge in [-0.3, -0.25) is 0 Å². The zero-order valence-corrected chi connectivity index (χ0v) is 12.4. The van der Waals surface area contributed by atoms with Crippen molar-refractivity contribution in [3.63, 3.8) is 0 Å². The van der Waals surface area contributed by atoms with Gasteiger partial charge in [0.1, 0.15) is 0 Å². The molecule has 0 aromatic heterocycles. The highest BCUT2D eigenvalue weighted by molar-refractivity contribution is 5.90. The highest BCUT2D eigenvalue weighted by Gasteiger charge is 2.41. The number of carbonyl (C=O) groups is 1. The normalized spacial score (nSPS) is 20.7. The Hall–Kier alpha value is -1.80. The summed E-state index contributed by atoms with van der Waals surface area (Å²) in [5, 5.41) is 2.35. The number of urea groups is 1. The van der Waals surface area contributed by atoms with Gasteiger partial charge in [0.25, 0.3) is 0 Å². The molecule has 0 atom stereocenters. The third-order valence-electron chi connectivity index (χ3n) is 4.10. The summed E-state index contributed by atoms with van der Waals surface area (Å²) < 4.78 is 50.0. The first-order chi connectivity index (χ1) is 10.9. The summed E-state index contributed by atoms with van der Waals surface area (Å²) in [6.07, 6.45) is -3.48. The van der Waals surface area contributed by atoms with Crippen molar-refractivity contribution in [3.8, 4) is 0 Å². The quantitative estimate of drug-likeness (QED) is 0.861. The van der Waals surface area contributed by atoms with Crippen molar-refractivity contribution in [1.82, 2.24) is 4.90 Å². The first-order valence-corrected chi connectivity index (χ1v) is 7.40. The molecule has 1 aromatic rings. The highest BCUT2D eigenvalue weighted by atomic mass is 19.4. The van der Waals surface area contributed by atoms with Crippen molar-refractivity contribution in [1.29, 1.82) is 0 Å². The zero-order valence-electron chi connectivity index (χ0n) is 12.4. The maximum atomic E-state index is 12.9. The highest BCUT2D eigenvalue weighted by Crippen LogP contribution is 2.35. The number of halogens is 3. The number of alkyl halides is 3. The lowest BCUT2D eigenvalue weighted by Crippen LogP contribution is -2.48. The van der Waals surface area contributed by atoms with Crippen LogP contribution in [0.4, 0.5) is 23.7 Å². The minimum absolute atomic E-state index is 0.237. The van der Waals surface area contributed by atoms with Crippen LogP contribution in [0, 0.1) is 0 Å². The minimum Gasteiger partial charge on any atom is -0.347 e. The van der Waals surface area contributed by atoms with Crippen LogP contribution in [0.25, 0.3) is 0 Å². The third kappa shape index (κ3) is 3.42. The summed E-state index contributed by atoms with van der Waals surface area (Å²) in [5.41, 5.74) is -1.09. The van der Waals surface area contributed by atoms with Gasteiger partial charge in [0, 0.05) is 25.9 Å². The topological polar surface area (TPSA) is 50.8 Å². The van der Waals surface area contributed by atoms with Crippen molar-refractivity contribution >= 4 is 11.7 Å².